The lowest BCUT2D eigenvalue weighted by Gasteiger charge is -2.25. The zero-order chi connectivity index (χ0) is 21.2. The second kappa shape index (κ2) is 11.2. The van der Waals surface area contributed by atoms with Gasteiger partial charge >= 0.3 is 0 Å². The Morgan fingerprint density at radius 1 is 0.966 bits per heavy atom. The number of carbonyl (C=O) groups excluding carboxylic acids is 2. The van der Waals surface area contributed by atoms with Crippen molar-refractivity contribution in [2.45, 2.75) is 26.3 Å². The van der Waals surface area contributed by atoms with E-state index in [1.165, 1.54) is 5.56 Å². The van der Waals surface area contributed by atoms with Gasteiger partial charge in [-0.2, -0.15) is 0 Å². The fraction of sp³-hybridized carbons (Fsp3) is 0.391. The van der Waals surface area contributed by atoms with E-state index in [-0.39, 0.29) is 24.4 Å². The summed E-state index contributed by atoms with van der Waals surface area (Å²) in [6.07, 6.45) is 0.998. The van der Waals surface area contributed by atoms with Crippen LogP contribution in [0.3, 0.4) is 0 Å². The second-order valence-electron chi connectivity index (χ2n) is 7.02. The molecule has 156 valence electrons. The van der Waals surface area contributed by atoms with E-state index in [0.717, 1.165) is 12.0 Å². The highest BCUT2D eigenvalue weighted by Gasteiger charge is 2.16. The molecule has 2 amide bonds. The van der Waals surface area contributed by atoms with E-state index >= 15 is 0 Å². The number of rotatable bonds is 10. The summed E-state index contributed by atoms with van der Waals surface area (Å²) in [4.78, 5) is 26.5. The molecule has 6 nitrogen and oxygen atoms in total. The van der Waals surface area contributed by atoms with Crippen molar-refractivity contribution in [1.29, 1.82) is 0 Å². The van der Waals surface area contributed by atoms with Crippen molar-refractivity contribution in [3.05, 3.63) is 65.2 Å². The first-order valence-corrected chi connectivity index (χ1v) is 9.97. The number of nitrogens with zero attached hydrogens (tertiary/aromatic N) is 1. The van der Waals surface area contributed by atoms with Crippen LogP contribution in [0.2, 0.25) is 0 Å². The lowest BCUT2D eigenvalue weighted by molar-refractivity contribution is -0.120. The molecule has 0 fully saturated rings. The third kappa shape index (κ3) is 6.91. The SMILES string of the molecule is CCOc1ccc(C(=O)NCC(=O)NC[C@@H](c2ccc(CC)cc2)N(C)C)cc1. The van der Waals surface area contributed by atoms with Crippen LogP contribution in [0, 0.1) is 0 Å². The molecule has 2 aromatic rings. The van der Waals surface area contributed by atoms with Gasteiger partial charge in [0.15, 0.2) is 0 Å². The molecule has 0 saturated carbocycles. The van der Waals surface area contributed by atoms with Gasteiger partial charge < -0.3 is 20.3 Å². The summed E-state index contributed by atoms with van der Waals surface area (Å²) in [5, 5.41) is 5.56. The van der Waals surface area contributed by atoms with Gasteiger partial charge in [0.2, 0.25) is 5.91 Å². The van der Waals surface area contributed by atoms with Crippen molar-refractivity contribution in [1.82, 2.24) is 15.5 Å². The van der Waals surface area contributed by atoms with E-state index in [2.05, 4.69) is 46.7 Å². The predicted molar refractivity (Wildman–Crippen MR) is 115 cm³/mol. The van der Waals surface area contributed by atoms with Gasteiger partial charge in [-0.05, 0) is 62.8 Å². The minimum atomic E-state index is -0.289. The average Bonchev–Trinajstić information content (AvgIpc) is 2.73. The molecular formula is C23H31N3O3. The molecule has 0 spiro atoms. The number of likely N-dealkylation sites (N-methyl/N-ethyl adjacent to an activating group) is 1. The van der Waals surface area contributed by atoms with E-state index in [4.69, 9.17) is 4.74 Å². The molecule has 0 bridgehead atoms. The Kier molecular flexibility index (Phi) is 8.68. The summed E-state index contributed by atoms with van der Waals surface area (Å²) in [5.41, 5.74) is 2.92. The largest absolute Gasteiger partial charge is 0.494 e. The number of aryl methyl sites for hydroxylation is 1. The maximum Gasteiger partial charge on any atom is 0.251 e. The number of amides is 2. The Balaban J connectivity index is 1.84. The van der Waals surface area contributed by atoms with Crippen LogP contribution in [-0.4, -0.2) is 50.5 Å². The molecule has 0 heterocycles. The Morgan fingerprint density at radius 2 is 1.62 bits per heavy atom. The summed E-state index contributed by atoms with van der Waals surface area (Å²) in [5.74, 6) is 0.201. The van der Waals surface area contributed by atoms with Crippen LogP contribution in [0.4, 0.5) is 0 Å². The van der Waals surface area contributed by atoms with E-state index in [0.29, 0.717) is 24.5 Å². The number of hydrogen-bond acceptors (Lipinski definition) is 4. The molecule has 0 aliphatic heterocycles. The molecule has 0 aliphatic carbocycles. The molecule has 0 radical (unpaired) electrons. The fourth-order valence-electron chi connectivity index (χ4n) is 2.98. The van der Waals surface area contributed by atoms with Crippen molar-refractivity contribution >= 4 is 11.8 Å². The maximum absolute atomic E-state index is 12.2. The van der Waals surface area contributed by atoms with Crippen molar-refractivity contribution in [2.75, 3.05) is 33.8 Å². The second-order valence-corrected chi connectivity index (χ2v) is 7.02. The molecule has 0 saturated heterocycles. The lowest BCUT2D eigenvalue weighted by Crippen LogP contribution is -2.40. The highest BCUT2D eigenvalue weighted by atomic mass is 16.5. The first kappa shape index (κ1) is 22.4. The number of carbonyl (C=O) groups is 2. The van der Waals surface area contributed by atoms with Crippen molar-refractivity contribution in [3.8, 4) is 5.75 Å². The van der Waals surface area contributed by atoms with Gasteiger partial charge in [-0.3, -0.25) is 9.59 Å². The highest BCUT2D eigenvalue weighted by molar-refractivity contribution is 5.96. The maximum atomic E-state index is 12.2. The van der Waals surface area contributed by atoms with Gasteiger partial charge in [0.25, 0.3) is 5.91 Å². The van der Waals surface area contributed by atoms with Crippen molar-refractivity contribution < 1.29 is 14.3 Å². The van der Waals surface area contributed by atoms with Crippen LogP contribution in [0.25, 0.3) is 0 Å². The Hall–Kier alpha value is -2.86. The van der Waals surface area contributed by atoms with Gasteiger partial charge in [-0.1, -0.05) is 31.2 Å². The van der Waals surface area contributed by atoms with Crippen molar-refractivity contribution in [2.24, 2.45) is 0 Å². The first-order valence-electron chi connectivity index (χ1n) is 9.97. The Bertz CT molecular complexity index is 786. The molecule has 0 aromatic heterocycles. The summed E-state index contributed by atoms with van der Waals surface area (Å²) < 4.78 is 5.36. The summed E-state index contributed by atoms with van der Waals surface area (Å²) in [6.45, 7) is 5.00. The molecule has 6 heteroatoms. The molecule has 2 rings (SSSR count). The number of ether oxygens (including phenoxy) is 1. The lowest BCUT2D eigenvalue weighted by atomic mass is 10.0. The molecular weight excluding hydrogens is 366 g/mol. The van der Waals surface area contributed by atoms with Crippen LogP contribution < -0.4 is 15.4 Å². The third-order valence-corrected chi connectivity index (χ3v) is 4.73. The smallest absolute Gasteiger partial charge is 0.251 e. The number of hydrogen-bond donors (Lipinski definition) is 2. The minimum Gasteiger partial charge on any atom is -0.494 e. The van der Waals surface area contributed by atoms with E-state index in [1.807, 2.05) is 21.0 Å². The predicted octanol–water partition coefficient (Wildman–Crippen LogP) is 2.80. The van der Waals surface area contributed by atoms with Gasteiger partial charge in [-0.25, -0.2) is 0 Å². The molecule has 2 N–H and O–H groups in total. The van der Waals surface area contributed by atoms with Crippen LogP contribution >= 0.6 is 0 Å². The average molecular weight is 398 g/mol. The minimum absolute atomic E-state index is 0.0617. The van der Waals surface area contributed by atoms with Gasteiger partial charge in [0.05, 0.1) is 19.2 Å². The Morgan fingerprint density at radius 3 is 2.17 bits per heavy atom. The molecule has 1 atom stereocenters. The van der Waals surface area contributed by atoms with E-state index in [9.17, 15) is 9.59 Å². The molecule has 29 heavy (non-hydrogen) atoms. The van der Waals surface area contributed by atoms with E-state index < -0.39 is 0 Å². The topological polar surface area (TPSA) is 70.7 Å². The fourth-order valence-corrected chi connectivity index (χ4v) is 2.98. The standard InChI is InChI=1S/C23H31N3O3/c1-5-17-7-9-18(10-8-17)21(26(3)4)15-24-22(27)16-25-23(28)19-11-13-20(14-12-19)29-6-2/h7-14,21H,5-6,15-16H2,1-4H3,(H,24,27)(H,25,28)/t21-/m0/s1. The number of benzene rings is 2. The van der Waals surface area contributed by atoms with Crippen LogP contribution in [-0.2, 0) is 11.2 Å². The van der Waals surface area contributed by atoms with E-state index in [1.54, 1.807) is 24.3 Å². The summed E-state index contributed by atoms with van der Waals surface area (Å²) in [7, 11) is 3.97. The summed E-state index contributed by atoms with van der Waals surface area (Å²) in [6, 6.07) is 15.3. The van der Waals surface area contributed by atoms with Gasteiger partial charge in [-0.15, -0.1) is 0 Å². The van der Waals surface area contributed by atoms with Crippen LogP contribution in [0.1, 0.15) is 41.4 Å². The first-order chi connectivity index (χ1) is 13.9. The number of nitrogens with one attached hydrogen (secondary N) is 2. The molecule has 0 aliphatic rings. The highest BCUT2D eigenvalue weighted by Crippen LogP contribution is 2.18. The van der Waals surface area contributed by atoms with Crippen LogP contribution in [0.15, 0.2) is 48.5 Å². The summed E-state index contributed by atoms with van der Waals surface area (Å²) >= 11 is 0. The monoisotopic (exact) mass is 397 g/mol. The zero-order valence-corrected chi connectivity index (χ0v) is 17.7. The normalized spacial score (nSPS) is 11.8. The zero-order valence-electron chi connectivity index (χ0n) is 17.7. The quantitative estimate of drug-likeness (QED) is 0.647. The molecule has 0 unspecified atom stereocenters. The Labute approximate surface area is 173 Å². The molecule has 2 aromatic carbocycles. The van der Waals surface area contributed by atoms with Gasteiger partial charge in [0.1, 0.15) is 5.75 Å². The van der Waals surface area contributed by atoms with Crippen LogP contribution in [0.5, 0.6) is 5.75 Å². The third-order valence-electron chi connectivity index (χ3n) is 4.73. The van der Waals surface area contributed by atoms with Gasteiger partial charge in [0, 0.05) is 12.1 Å². The van der Waals surface area contributed by atoms with Crippen molar-refractivity contribution in [3.63, 3.8) is 0 Å².